The standard InChI is InChI=1S/C24H33N5O3/c1-24(2,3)21(22(31)28-13-10-17(30)14-28)25-23(32)29-19-11-12-27(4)15-18(19)20(26-29)16-8-6-5-7-9-16/h5-9,17,21,30H,10-15H2,1-4H3,(H,25,32)/t17-,21+/m0/s1. The third-order valence-corrected chi connectivity index (χ3v) is 6.34. The van der Waals surface area contributed by atoms with Gasteiger partial charge in [-0.3, -0.25) is 4.79 Å². The third-order valence-electron chi connectivity index (χ3n) is 6.34. The molecular weight excluding hydrogens is 406 g/mol. The average molecular weight is 440 g/mol. The minimum absolute atomic E-state index is 0.161. The molecule has 2 N–H and O–H groups in total. The number of β-amino-alcohol motifs (C(OH)–C–C–N with tert-alkyl or cyclic N) is 1. The molecule has 172 valence electrons. The summed E-state index contributed by atoms with van der Waals surface area (Å²) < 4.78 is 1.45. The first-order valence-electron chi connectivity index (χ1n) is 11.3. The number of rotatable bonds is 3. The molecule has 8 heteroatoms. The Morgan fingerprint density at radius 1 is 1.19 bits per heavy atom. The second-order valence-corrected chi connectivity index (χ2v) is 10.0. The van der Waals surface area contributed by atoms with E-state index in [1.807, 2.05) is 51.1 Å². The number of nitrogens with zero attached hydrogens (tertiary/aromatic N) is 4. The van der Waals surface area contributed by atoms with E-state index in [-0.39, 0.29) is 11.9 Å². The molecule has 0 radical (unpaired) electrons. The number of benzene rings is 1. The average Bonchev–Trinajstić information content (AvgIpc) is 3.35. The van der Waals surface area contributed by atoms with Gasteiger partial charge in [0.2, 0.25) is 5.91 Å². The lowest BCUT2D eigenvalue weighted by molar-refractivity contribution is -0.135. The molecule has 2 atom stereocenters. The van der Waals surface area contributed by atoms with Gasteiger partial charge in [-0.25, -0.2) is 4.79 Å². The molecular formula is C24H33N5O3. The molecule has 1 aromatic heterocycles. The fourth-order valence-corrected chi connectivity index (χ4v) is 4.51. The van der Waals surface area contributed by atoms with Crippen LogP contribution in [0, 0.1) is 5.41 Å². The molecule has 2 aliphatic rings. The number of fused-ring (bicyclic) bond motifs is 1. The van der Waals surface area contributed by atoms with Crippen molar-refractivity contribution in [2.45, 2.75) is 52.3 Å². The van der Waals surface area contributed by atoms with Crippen LogP contribution in [0.3, 0.4) is 0 Å². The Morgan fingerprint density at radius 2 is 1.91 bits per heavy atom. The first-order chi connectivity index (χ1) is 15.1. The Morgan fingerprint density at radius 3 is 2.53 bits per heavy atom. The van der Waals surface area contributed by atoms with Gasteiger partial charge in [-0.15, -0.1) is 0 Å². The minimum atomic E-state index is -0.716. The van der Waals surface area contributed by atoms with Gasteiger partial charge in [0.05, 0.1) is 17.5 Å². The second-order valence-electron chi connectivity index (χ2n) is 10.0. The highest BCUT2D eigenvalue weighted by molar-refractivity contribution is 5.89. The maximum absolute atomic E-state index is 13.4. The van der Waals surface area contributed by atoms with E-state index in [4.69, 9.17) is 5.10 Å². The van der Waals surface area contributed by atoms with Crippen molar-refractivity contribution in [1.82, 2.24) is 24.9 Å². The number of aliphatic hydroxyl groups is 1. The normalized spacial score (nSPS) is 20.2. The van der Waals surface area contributed by atoms with Gasteiger partial charge >= 0.3 is 6.03 Å². The van der Waals surface area contributed by atoms with Crippen molar-refractivity contribution in [2.75, 3.05) is 26.7 Å². The summed E-state index contributed by atoms with van der Waals surface area (Å²) in [6, 6.07) is 8.78. The predicted octanol–water partition coefficient (Wildman–Crippen LogP) is 2.10. The van der Waals surface area contributed by atoms with E-state index >= 15 is 0 Å². The van der Waals surface area contributed by atoms with Gasteiger partial charge in [0, 0.05) is 43.7 Å². The number of hydrogen-bond acceptors (Lipinski definition) is 5. The Bertz CT molecular complexity index is 995. The molecule has 4 rings (SSSR count). The zero-order chi connectivity index (χ0) is 23.0. The lowest BCUT2D eigenvalue weighted by Gasteiger charge is -2.33. The van der Waals surface area contributed by atoms with Crippen molar-refractivity contribution >= 4 is 11.9 Å². The summed E-state index contributed by atoms with van der Waals surface area (Å²) >= 11 is 0. The molecule has 3 heterocycles. The molecule has 32 heavy (non-hydrogen) atoms. The van der Waals surface area contributed by atoms with Crippen LogP contribution in [0.2, 0.25) is 0 Å². The Kier molecular flexibility index (Phi) is 6.09. The van der Waals surface area contributed by atoms with Crippen LogP contribution in [0.15, 0.2) is 30.3 Å². The van der Waals surface area contributed by atoms with Gasteiger partial charge in [-0.1, -0.05) is 51.1 Å². The monoisotopic (exact) mass is 439 g/mol. The minimum Gasteiger partial charge on any atom is -0.391 e. The zero-order valence-electron chi connectivity index (χ0n) is 19.3. The van der Waals surface area contributed by atoms with Crippen molar-refractivity contribution in [2.24, 2.45) is 5.41 Å². The predicted molar refractivity (Wildman–Crippen MR) is 122 cm³/mol. The van der Waals surface area contributed by atoms with Crippen molar-refractivity contribution < 1.29 is 14.7 Å². The molecule has 1 saturated heterocycles. The summed E-state index contributed by atoms with van der Waals surface area (Å²) in [5.74, 6) is -0.161. The van der Waals surface area contributed by atoms with Crippen LogP contribution in [0.5, 0.6) is 0 Å². The molecule has 2 amide bonds. The van der Waals surface area contributed by atoms with E-state index in [0.717, 1.165) is 35.6 Å². The van der Waals surface area contributed by atoms with E-state index < -0.39 is 17.6 Å². The van der Waals surface area contributed by atoms with Crippen molar-refractivity contribution in [3.63, 3.8) is 0 Å². The molecule has 8 nitrogen and oxygen atoms in total. The highest BCUT2D eigenvalue weighted by Crippen LogP contribution is 2.30. The van der Waals surface area contributed by atoms with Crippen LogP contribution in [-0.4, -0.2) is 75.5 Å². The van der Waals surface area contributed by atoms with Crippen LogP contribution in [0.1, 0.15) is 38.4 Å². The number of aromatic nitrogens is 2. The quantitative estimate of drug-likeness (QED) is 0.764. The lowest BCUT2D eigenvalue weighted by Crippen LogP contribution is -2.55. The Hall–Kier alpha value is -2.71. The highest BCUT2D eigenvalue weighted by Gasteiger charge is 2.39. The van der Waals surface area contributed by atoms with Crippen LogP contribution < -0.4 is 5.32 Å². The van der Waals surface area contributed by atoms with Crippen molar-refractivity contribution in [1.29, 1.82) is 0 Å². The lowest BCUT2D eigenvalue weighted by atomic mass is 9.86. The van der Waals surface area contributed by atoms with E-state index in [1.54, 1.807) is 4.90 Å². The Balaban J connectivity index is 1.65. The van der Waals surface area contributed by atoms with Crippen molar-refractivity contribution in [3.8, 4) is 11.3 Å². The first-order valence-corrected chi connectivity index (χ1v) is 11.3. The smallest absolute Gasteiger partial charge is 0.343 e. The Labute approximate surface area is 189 Å². The second kappa shape index (κ2) is 8.67. The number of likely N-dealkylation sites (N-methyl/N-ethyl adjacent to an activating group) is 1. The van der Waals surface area contributed by atoms with Crippen LogP contribution >= 0.6 is 0 Å². The number of hydrogen-bond donors (Lipinski definition) is 2. The molecule has 0 unspecified atom stereocenters. The molecule has 1 fully saturated rings. The van der Waals surface area contributed by atoms with Gasteiger partial charge in [-0.05, 0) is 18.9 Å². The maximum Gasteiger partial charge on any atom is 0.343 e. The highest BCUT2D eigenvalue weighted by atomic mass is 16.3. The SMILES string of the molecule is CN1CCc2c(c(-c3ccccc3)nn2C(=O)N[C@H](C(=O)N2CC[C@H](O)C2)C(C)(C)C)C1. The van der Waals surface area contributed by atoms with Gasteiger partial charge in [-0.2, -0.15) is 9.78 Å². The van der Waals surface area contributed by atoms with Crippen molar-refractivity contribution in [3.05, 3.63) is 41.6 Å². The van der Waals surface area contributed by atoms with Crippen LogP contribution in [-0.2, 0) is 17.8 Å². The fraction of sp³-hybridized carbons (Fsp3) is 0.542. The van der Waals surface area contributed by atoms with Gasteiger partial charge in [0.1, 0.15) is 6.04 Å². The van der Waals surface area contributed by atoms with E-state index in [1.165, 1.54) is 4.68 Å². The summed E-state index contributed by atoms with van der Waals surface area (Å²) in [5.41, 5.74) is 3.25. The molecule has 1 aromatic carbocycles. The number of amides is 2. The molecule has 0 bridgehead atoms. The number of aliphatic hydroxyl groups excluding tert-OH is 1. The molecule has 2 aromatic rings. The topological polar surface area (TPSA) is 90.7 Å². The van der Waals surface area contributed by atoms with E-state index in [9.17, 15) is 14.7 Å². The summed E-state index contributed by atoms with van der Waals surface area (Å²) in [6.07, 6.45) is 0.779. The fourth-order valence-electron chi connectivity index (χ4n) is 4.51. The molecule has 0 spiro atoms. The third kappa shape index (κ3) is 4.42. The number of likely N-dealkylation sites (tertiary alicyclic amines) is 1. The van der Waals surface area contributed by atoms with Crippen LogP contribution in [0.4, 0.5) is 4.79 Å². The van der Waals surface area contributed by atoms with E-state index in [0.29, 0.717) is 25.9 Å². The van der Waals surface area contributed by atoms with Gasteiger partial charge in [0.15, 0.2) is 0 Å². The maximum atomic E-state index is 13.4. The largest absolute Gasteiger partial charge is 0.391 e. The zero-order valence-corrected chi connectivity index (χ0v) is 19.3. The number of carbonyl (C=O) groups excluding carboxylic acids is 2. The number of carbonyl (C=O) groups is 2. The van der Waals surface area contributed by atoms with Gasteiger partial charge < -0.3 is 20.2 Å². The summed E-state index contributed by atoms with van der Waals surface area (Å²) in [6.45, 7) is 8.18. The van der Waals surface area contributed by atoms with Gasteiger partial charge in [0.25, 0.3) is 0 Å². The van der Waals surface area contributed by atoms with E-state index in [2.05, 4.69) is 17.3 Å². The first kappa shape index (κ1) is 22.5. The number of nitrogens with one attached hydrogen (secondary N) is 1. The summed E-state index contributed by atoms with van der Waals surface area (Å²) in [7, 11) is 2.06. The summed E-state index contributed by atoms with van der Waals surface area (Å²) in [5, 5.41) is 17.5. The molecule has 0 aliphatic carbocycles. The molecule has 2 aliphatic heterocycles. The molecule has 0 saturated carbocycles. The summed E-state index contributed by atoms with van der Waals surface area (Å²) in [4.78, 5) is 30.5. The van der Waals surface area contributed by atoms with Crippen LogP contribution in [0.25, 0.3) is 11.3 Å².